The number of aliphatic hydroxyl groups is 1. The Morgan fingerprint density at radius 2 is 1.75 bits per heavy atom. The molecule has 1 amide bonds. The predicted molar refractivity (Wildman–Crippen MR) is 91.0 cm³/mol. The van der Waals surface area contributed by atoms with Crippen LogP contribution in [0.25, 0.3) is 16.9 Å². The van der Waals surface area contributed by atoms with Crippen LogP contribution in [0.3, 0.4) is 0 Å². The molecule has 0 bridgehead atoms. The summed E-state index contributed by atoms with van der Waals surface area (Å²) in [6.07, 6.45) is 0. The zero-order valence-corrected chi connectivity index (χ0v) is 13.4. The van der Waals surface area contributed by atoms with E-state index in [1.54, 1.807) is 32.2 Å². The van der Waals surface area contributed by atoms with E-state index in [2.05, 4.69) is 5.32 Å². The van der Waals surface area contributed by atoms with E-state index in [1.165, 1.54) is 0 Å². The number of carbonyl (C=O) groups is 2. The first-order chi connectivity index (χ1) is 11.6. The minimum atomic E-state index is -0.554. The van der Waals surface area contributed by atoms with Crippen LogP contribution in [0.2, 0.25) is 0 Å². The average Bonchev–Trinajstić information content (AvgIpc) is 2.86. The summed E-state index contributed by atoms with van der Waals surface area (Å²) in [5.41, 5.74) is 2.29. The van der Waals surface area contributed by atoms with Crippen molar-refractivity contribution in [3.05, 3.63) is 59.2 Å². The molecule has 2 aromatic carbocycles. The quantitative estimate of drug-likeness (QED) is 0.848. The van der Waals surface area contributed by atoms with Crippen molar-refractivity contribution >= 4 is 17.4 Å². The molecule has 0 unspecified atom stereocenters. The number of methoxy groups -OCH3 is 1. The van der Waals surface area contributed by atoms with Crippen LogP contribution in [0.1, 0.15) is 22.8 Å². The van der Waals surface area contributed by atoms with Crippen LogP contribution in [0.5, 0.6) is 5.75 Å². The molecule has 0 spiro atoms. The molecule has 122 valence electrons. The van der Waals surface area contributed by atoms with Crippen LogP contribution in [0.15, 0.2) is 48.0 Å². The third kappa shape index (κ3) is 2.54. The van der Waals surface area contributed by atoms with Gasteiger partial charge in [-0.2, -0.15) is 0 Å². The number of Topliss-reactive ketones (excluding diaryl/α,β-unsaturated/α-hetero) is 1. The smallest absolute Gasteiger partial charge is 0.259 e. The molecule has 0 fully saturated rings. The zero-order valence-electron chi connectivity index (χ0n) is 13.4. The number of rotatable bonds is 4. The van der Waals surface area contributed by atoms with Gasteiger partial charge in [0.05, 0.1) is 7.11 Å². The minimum Gasteiger partial charge on any atom is -0.506 e. The Kier molecular flexibility index (Phi) is 4.08. The van der Waals surface area contributed by atoms with Crippen molar-refractivity contribution in [3.8, 4) is 16.9 Å². The first-order valence-electron chi connectivity index (χ1n) is 7.61. The second-order valence-electron chi connectivity index (χ2n) is 5.40. The summed E-state index contributed by atoms with van der Waals surface area (Å²) >= 11 is 0. The molecule has 0 saturated heterocycles. The van der Waals surface area contributed by atoms with Crippen molar-refractivity contribution in [1.82, 2.24) is 5.32 Å². The fraction of sp³-hybridized carbons (Fsp3) is 0.158. The van der Waals surface area contributed by atoms with Gasteiger partial charge in [-0.25, -0.2) is 0 Å². The van der Waals surface area contributed by atoms with Gasteiger partial charge in [-0.15, -0.1) is 0 Å². The average molecular weight is 323 g/mol. The number of carbonyl (C=O) groups excluding carboxylic acids is 2. The van der Waals surface area contributed by atoms with E-state index in [0.717, 1.165) is 16.9 Å². The van der Waals surface area contributed by atoms with E-state index in [-0.39, 0.29) is 11.3 Å². The van der Waals surface area contributed by atoms with Crippen molar-refractivity contribution in [2.24, 2.45) is 0 Å². The van der Waals surface area contributed by atoms with Crippen molar-refractivity contribution in [3.63, 3.8) is 0 Å². The molecule has 0 aromatic heterocycles. The summed E-state index contributed by atoms with van der Waals surface area (Å²) in [5, 5.41) is 12.9. The maximum absolute atomic E-state index is 12.4. The Morgan fingerprint density at radius 1 is 1.08 bits per heavy atom. The van der Waals surface area contributed by atoms with Gasteiger partial charge in [0.2, 0.25) is 5.78 Å². The van der Waals surface area contributed by atoms with Crippen LogP contribution in [0, 0.1) is 0 Å². The summed E-state index contributed by atoms with van der Waals surface area (Å²) in [5.74, 6) is -0.524. The van der Waals surface area contributed by atoms with Crippen molar-refractivity contribution in [1.29, 1.82) is 0 Å². The zero-order chi connectivity index (χ0) is 17.3. The molecule has 5 heteroatoms. The van der Waals surface area contributed by atoms with Crippen LogP contribution in [0.4, 0.5) is 0 Å². The number of amides is 1. The number of ether oxygens (including phenoxy) is 1. The van der Waals surface area contributed by atoms with Gasteiger partial charge in [0.1, 0.15) is 17.1 Å². The van der Waals surface area contributed by atoms with E-state index in [0.29, 0.717) is 17.7 Å². The lowest BCUT2D eigenvalue weighted by Crippen LogP contribution is -2.27. The van der Waals surface area contributed by atoms with Crippen molar-refractivity contribution in [2.75, 3.05) is 13.7 Å². The van der Waals surface area contributed by atoms with Crippen LogP contribution in [-0.2, 0) is 4.79 Å². The summed E-state index contributed by atoms with van der Waals surface area (Å²) in [6.45, 7) is 2.14. The van der Waals surface area contributed by atoms with Crippen LogP contribution >= 0.6 is 0 Å². The van der Waals surface area contributed by atoms with Crippen molar-refractivity contribution in [2.45, 2.75) is 6.92 Å². The maximum atomic E-state index is 12.4. The first kappa shape index (κ1) is 15.8. The van der Waals surface area contributed by atoms with E-state index >= 15 is 0 Å². The summed E-state index contributed by atoms with van der Waals surface area (Å²) in [4.78, 5) is 24.4. The number of likely N-dealkylation sites (N-methyl/N-ethyl adjacent to an activating group) is 1. The third-order valence-electron chi connectivity index (χ3n) is 3.97. The lowest BCUT2D eigenvalue weighted by molar-refractivity contribution is -0.117. The number of benzene rings is 2. The highest BCUT2D eigenvalue weighted by atomic mass is 16.5. The van der Waals surface area contributed by atoms with Crippen LogP contribution < -0.4 is 10.1 Å². The molecular formula is C19H17NO4. The molecule has 0 heterocycles. The Hall–Kier alpha value is -3.08. The molecule has 1 aliphatic rings. The van der Waals surface area contributed by atoms with Crippen LogP contribution in [-0.4, -0.2) is 30.5 Å². The highest BCUT2D eigenvalue weighted by Crippen LogP contribution is 2.34. The van der Waals surface area contributed by atoms with Gasteiger partial charge in [0.25, 0.3) is 5.91 Å². The molecule has 0 atom stereocenters. The lowest BCUT2D eigenvalue weighted by Gasteiger charge is -2.06. The molecule has 1 aliphatic carbocycles. The van der Waals surface area contributed by atoms with Gasteiger partial charge in [0, 0.05) is 17.7 Å². The fourth-order valence-corrected chi connectivity index (χ4v) is 2.74. The largest absolute Gasteiger partial charge is 0.506 e. The van der Waals surface area contributed by atoms with E-state index < -0.39 is 11.7 Å². The Labute approximate surface area is 139 Å². The molecule has 2 aromatic rings. The number of nitrogens with one attached hydrogen (secondary N) is 1. The third-order valence-corrected chi connectivity index (χ3v) is 3.97. The molecule has 0 saturated carbocycles. The molecule has 24 heavy (non-hydrogen) atoms. The molecule has 2 N–H and O–H groups in total. The molecule has 3 rings (SSSR count). The highest BCUT2D eigenvalue weighted by Gasteiger charge is 2.34. The Balaban J connectivity index is 2.02. The lowest BCUT2D eigenvalue weighted by atomic mass is 9.99. The summed E-state index contributed by atoms with van der Waals surface area (Å²) < 4.78 is 5.14. The normalized spacial score (nSPS) is 13.0. The van der Waals surface area contributed by atoms with Gasteiger partial charge < -0.3 is 15.2 Å². The van der Waals surface area contributed by atoms with Gasteiger partial charge >= 0.3 is 0 Å². The second-order valence-corrected chi connectivity index (χ2v) is 5.40. The van der Waals surface area contributed by atoms with E-state index in [9.17, 15) is 14.7 Å². The standard InChI is InChI=1S/C19H17NO4/c1-3-20-19(23)16-17(21)14-9-6-12(10-15(14)18(16)22)11-4-7-13(24-2)8-5-11/h4-10,22H,3H2,1-2H3,(H,20,23). The summed E-state index contributed by atoms with van der Waals surface area (Å²) in [6, 6.07) is 12.6. The summed E-state index contributed by atoms with van der Waals surface area (Å²) in [7, 11) is 1.60. The maximum Gasteiger partial charge on any atom is 0.259 e. The Morgan fingerprint density at radius 3 is 2.38 bits per heavy atom. The van der Waals surface area contributed by atoms with E-state index in [4.69, 9.17) is 4.74 Å². The minimum absolute atomic E-state index is 0.196. The number of hydrogen-bond acceptors (Lipinski definition) is 4. The fourth-order valence-electron chi connectivity index (χ4n) is 2.74. The van der Waals surface area contributed by atoms with Crippen molar-refractivity contribution < 1.29 is 19.4 Å². The van der Waals surface area contributed by atoms with Gasteiger partial charge in [-0.3, -0.25) is 9.59 Å². The van der Waals surface area contributed by atoms with Gasteiger partial charge in [0.15, 0.2) is 0 Å². The monoisotopic (exact) mass is 323 g/mol. The first-order valence-corrected chi connectivity index (χ1v) is 7.61. The van der Waals surface area contributed by atoms with Gasteiger partial charge in [-0.1, -0.05) is 18.2 Å². The SMILES string of the molecule is CCNC(=O)C1=C(O)c2cc(-c3ccc(OC)cc3)ccc2C1=O. The molecule has 5 nitrogen and oxygen atoms in total. The molecular weight excluding hydrogens is 306 g/mol. The Bertz CT molecular complexity index is 850. The number of fused-ring (bicyclic) bond motifs is 1. The second kappa shape index (κ2) is 6.20. The molecule has 0 radical (unpaired) electrons. The van der Waals surface area contributed by atoms with Gasteiger partial charge in [-0.05, 0) is 42.3 Å². The predicted octanol–water partition coefficient (Wildman–Crippen LogP) is 2.96. The number of hydrogen-bond donors (Lipinski definition) is 2. The number of aliphatic hydroxyl groups excluding tert-OH is 1. The topological polar surface area (TPSA) is 75.6 Å². The number of ketones is 1. The molecule has 0 aliphatic heterocycles. The van der Waals surface area contributed by atoms with E-state index in [1.807, 2.05) is 24.3 Å². The highest BCUT2D eigenvalue weighted by molar-refractivity contribution is 6.33.